The number of esters is 3. The minimum Gasteiger partial charge on any atom is -0.458 e. The Kier molecular flexibility index (Phi) is 4.44. The summed E-state index contributed by atoms with van der Waals surface area (Å²) in [4.78, 5) is 34.1. The van der Waals surface area contributed by atoms with Gasteiger partial charge < -0.3 is 24.1 Å². The molecule has 3 rings (SSSR count). The second-order valence-electron chi connectivity index (χ2n) is 5.64. The lowest BCUT2D eigenvalue weighted by Gasteiger charge is -2.57. The molecule has 8 nitrogen and oxygen atoms in total. The Morgan fingerprint density at radius 1 is 1.09 bits per heavy atom. The van der Waals surface area contributed by atoms with E-state index in [4.69, 9.17) is 18.9 Å². The molecule has 3 fully saturated rings. The number of aliphatic hydroxyl groups excluding tert-OH is 1. The van der Waals surface area contributed by atoms with E-state index >= 15 is 0 Å². The summed E-state index contributed by atoms with van der Waals surface area (Å²) in [5, 5.41) is 9.59. The molecule has 4 atom stereocenters. The third-order valence-corrected chi connectivity index (χ3v) is 3.98. The van der Waals surface area contributed by atoms with Gasteiger partial charge in [0.1, 0.15) is 6.10 Å². The van der Waals surface area contributed by atoms with E-state index in [1.165, 1.54) is 20.8 Å². The monoisotopic (exact) mass is 316 g/mol. The smallest absolute Gasteiger partial charge is 0.305 e. The Bertz CT molecular complexity index is 489. The van der Waals surface area contributed by atoms with Gasteiger partial charge in [-0.05, 0) is 6.42 Å². The molecule has 0 aromatic rings. The van der Waals surface area contributed by atoms with E-state index in [1.807, 2.05) is 0 Å². The zero-order chi connectivity index (χ0) is 16.5. The molecule has 0 amide bonds. The molecule has 2 unspecified atom stereocenters. The second kappa shape index (κ2) is 5.85. The van der Waals surface area contributed by atoms with Crippen LogP contribution in [0.5, 0.6) is 0 Å². The number of carbonyl (C=O) groups is 3. The van der Waals surface area contributed by atoms with Crippen LogP contribution in [0.4, 0.5) is 0 Å². The molecule has 2 bridgehead atoms. The number of hydrogen-bond acceptors (Lipinski definition) is 8. The van der Waals surface area contributed by atoms with Crippen molar-refractivity contribution in [2.75, 3.05) is 6.61 Å². The largest absolute Gasteiger partial charge is 0.458 e. The first kappa shape index (κ1) is 16.7. The van der Waals surface area contributed by atoms with Crippen LogP contribution in [0.15, 0.2) is 0 Å². The van der Waals surface area contributed by atoms with Crippen molar-refractivity contribution in [3.63, 3.8) is 0 Å². The minimum absolute atomic E-state index is 0.0515. The van der Waals surface area contributed by atoms with Gasteiger partial charge in [-0.2, -0.15) is 0 Å². The lowest BCUT2D eigenvalue weighted by Crippen LogP contribution is -2.71. The lowest BCUT2D eigenvalue weighted by molar-refractivity contribution is -0.371. The second-order valence-corrected chi connectivity index (χ2v) is 5.64. The van der Waals surface area contributed by atoms with E-state index in [0.29, 0.717) is 0 Å². The van der Waals surface area contributed by atoms with Crippen molar-refractivity contribution in [1.29, 1.82) is 0 Å². The van der Waals surface area contributed by atoms with E-state index in [-0.39, 0.29) is 19.3 Å². The summed E-state index contributed by atoms with van der Waals surface area (Å²) in [6, 6.07) is 0. The number of aliphatic hydroxyl groups is 1. The third kappa shape index (κ3) is 2.93. The van der Waals surface area contributed by atoms with Crippen LogP contribution < -0.4 is 0 Å². The highest BCUT2D eigenvalue weighted by Gasteiger charge is 2.66. The highest BCUT2D eigenvalue weighted by Crippen LogP contribution is 2.51. The normalized spacial score (nSPS) is 36.5. The van der Waals surface area contributed by atoms with Crippen LogP contribution in [-0.4, -0.2) is 53.2 Å². The van der Waals surface area contributed by atoms with Gasteiger partial charge in [-0.25, -0.2) is 0 Å². The van der Waals surface area contributed by atoms with Crippen molar-refractivity contribution >= 4 is 17.9 Å². The van der Waals surface area contributed by atoms with Gasteiger partial charge >= 0.3 is 17.9 Å². The molecule has 2 aliphatic heterocycles. The van der Waals surface area contributed by atoms with Crippen LogP contribution in [0.1, 0.15) is 40.0 Å². The molecule has 1 N–H and O–H groups in total. The van der Waals surface area contributed by atoms with Crippen molar-refractivity contribution in [3.05, 3.63) is 0 Å². The van der Waals surface area contributed by atoms with E-state index in [0.717, 1.165) is 0 Å². The molecule has 0 radical (unpaired) electrons. The average Bonchev–Trinajstić information content (AvgIpc) is 2.37. The van der Waals surface area contributed by atoms with Crippen LogP contribution in [-0.2, 0) is 33.3 Å². The van der Waals surface area contributed by atoms with E-state index in [9.17, 15) is 19.5 Å². The Hall–Kier alpha value is -1.67. The number of rotatable bonds is 4. The van der Waals surface area contributed by atoms with Crippen LogP contribution in [0, 0.1) is 0 Å². The zero-order valence-corrected chi connectivity index (χ0v) is 12.8. The van der Waals surface area contributed by atoms with Gasteiger partial charge in [0, 0.05) is 27.2 Å². The maximum Gasteiger partial charge on any atom is 0.305 e. The summed E-state index contributed by atoms with van der Waals surface area (Å²) < 4.78 is 21.6. The van der Waals surface area contributed by atoms with Gasteiger partial charge in [0.05, 0.1) is 13.0 Å². The molecular formula is C14H20O8. The molecule has 2 saturated heterocycles. The molecule has 1 saturated carbocycles. The van der Waals surface area contributed by atoms with Gasteiger partial charge in [-0.1, -0.05) is 0 Å². The molecule has 124 valence electrons. The predicted octanol–water partition coefficient (Wildman–Crippen LogP) is 0.0544. The van der Waals surface area contributed by atoms with Crippen LogP contribution >= 0.6 is 0 Å². The number of ether oxygens (including phenoxy) is 4. The summed E-state index contributed by atoms with van der Waals surface area (Å²) in [5.74, 6) is -2.94. The molecule has 0 aromatic carbocycles. The fourth-order valence-electron chi connectivity index (χ4n) is 3.30. The standard InChI is InChI=1S/C14H20O8/c1-8(16)19-11-6-13(20-9(2)17)4-5-14(11,21-10(3)18)12(7-15)22-13/h11-12,15H,4-7H2,1-3H3/t11-,12?,13+,14?/m1/s1. The molecule has 22 heavy (non-hydrogen) atoms. The number of fused-ring (bicyclic) bond motifs is 3. The van der Waals surface area contributed by atoms with Gasteiger partial charge in [0.2, 0.25) is 5.79 Å². The topological polar surface area (TPSA) is 108 Å². The molecule has 8 heteroatoms. The molecule has 0 spiro atoms. The highest BCUT2D eigenvalue weighted by atomic mass is 16.7. The average molecular weight is 316 g/mol. The molecular weight excluding hydrogens is 296 g/mol. The van der Waals surface area contributed by atoms with Crippen LogP contribution in [0.2, 0.25) is 0 Å². The summed E-state index contributed by atoms with van der Waals surface area (Å²) in [6.07, 6.45) is -1.21. The maximum atomic E-state index is 11.5. The van der Waals surface area contributed by atoms with E-state index in [2.05, 4.69) is 0 Å². The van der Waals surface area contributed by atoms with E-state index < -0.39 is 48.1 Å². The Morgan fingerprint density at radius 3 is 2.23 bits per heavy atom. The Morgan fingerprint density at radius 2 is 1.73 bits per heavy atom. The summed E-state index contributed by atoms with van der Waals surface area (Å²) >= 11 is 0. The number of hydrogen-bond donors (Lipinski definition) is 1. The van der Waals surface area contributed by atoms with Crippen molar-refractivity contribution in [3.8, 4) is 0 Å². The van der Waals surface area contributed by atoms with Crippen molar-refractivity contribution in [2.45, 2.75) is 63.6 Å². The Labute approximate surface area is 127 Å². The van der Waals surface area contributed by atoms with Crippen molar-refractivity contribution in [2.24, 2.45) is 0 Å². The lowest BCUT2D eigenvalue weighted by atomic mass is 9.71. The molecule has 2 heterocycles. The minimum atomic E-state index is -1.28. The van der Waals surface area contributed by atoms with Crippen molar-refractivity contribution < 1.29 is 38.4 Å². The summed E-state index contributed by atoms with van der Waals surface area (Å²) in [5.41, 5.74) is -1.27. The number of carbonyl (C=O) groups excluding carboxylic acids is 3. The van der Waals surface area contributed by atoms with Crippen LogP contribution in [0.3, 0.4) is 0 Å². The van der Waals surface area contributed by atoms with Crippen LogP contribution in [0.25, 0.3) is 0 Å². The SMILES string of the molecule is CC(=O)O[C@@H]1C[C@]2(OC(C)=O)CCC1(OC(C)=O)C(CO)O2. The third-order valence-electron chi connectivity index (χ3n) is 3.98. The van der Waals surface area contributed by atoms with Gasteiger partial charge in [0.15, 0.2) is 11.7 Å². The molecule has 3 aliphatic rings. The fraction of sp³-hybridized carbons (Fsp3) is 0.786. The molecule has 1 aliphatic carbocycles. The first-order valence-electron chi connectivity index (χ1n) is 7.08. The van der Waals surface area contributed by atoms with Gasteiger partial charge in [0.25, 0.3) is 0 Å². The van der Waals surface area contributed by atoms with Gasteiger partial charge in [-0.3, -0.25) is 14.4 Å². The maximum absolute atomic E-state index is 11.5. The van der Waals surface area contributed by atoms with E-state index in [1.54, 1.807) is 0 Å². The summed E-state index contributed by atoms with van der Waals surface area (Å²) in [6.45, 7) is 3.25. The van der Waals surface area contributed by atoms with Crippen molar-refractivity contribution in [1.82, 2.24) is 0 Å². The summed E-state index contributed by atoms with van der Waals surface area (Å²) in [7, 11) is 0. The first-order chi connectivity index (χ1) is 10.2. The first-order valence-corrected chi connectivity index (χ1v) is 7.08. The Balaban J connectivity index is 2.37. The van der Waals surface area contributed by atoms with Gasteiger partial charge in [-0.15, -0.1) is 0 Å². The fourth-order valence-corrected chi connectivity index (χ4v) is 3.30. The predicted molar refractivity (Wildman–Crippen MR) is 70.4 cm³/mol. The molecule has 0 aromatic heterocycles. The highest BCUT2D eigenvalue weighted by molar-refractivity contribution is 5.68. The zero-order valence-electron chi connectivity index (χ0n) is 12.8. The quantitative estimate of drug-likeness (QED) is 0.572.